The number of carbonyl (C=O) groups is 2. The van der Waals surface area contributed by atoms with Gasteiger partial charge in [0, 0.05) is 56.4 Å². The van der Waals surface area contributed by atoms with E-state index in [0.29, 0.717) is 18.7 Å². The summed E-state index contributed by atoms with van der Waals surface area (Å²) in [6, 6.07) is 9.47. The zero-order valence-corrected chi connectivity index (χ0v) is 15.8. The molecule has 1 atom stereocenters. The fraction of sp³-hybridized carbons (Fsp3) is 0.476. The number of carbonyl (C=O) groups excluding carboxylic acids is 2. The fourth-order valence-corrected chi connectivity index (χ4v) is 4.05. The Bertz CT molecular complexity index is 839. The monoisotopic (exact) mass is 366 g/mol. The van der Waals surface area contributed by atoms with Crippen molar-refractivity contribution >= 4 is 22.7 Å². The molecular weight excluding hydrogens is 340 g/mol. The fourth-order valence-electron chi connectivity index (χ4n) is 4.05. The zero-order chi connectivity index (χ0) is 18.8. The summed E-state index contributed by atoms with van der Waals surface area (Å²) in [6.07, 6.45) is 3.97. The second-order valence-electron chi connectivity index (χ2n) is 7.45. The van der Waals surface area contributed by atoms with Crippen molar-refractivity contribution in [1.82, 2.24) is 19.7 Å². The molecule has 6 heteroatoms. The molecule has 0 bridgehead atoms. The number of benzene rings is 1. The summed E-state index contributed by atoms with van der Waals surface area (Å²) in [7, 11) is 0. The van der Waals surface area contributed by atoms with E-state index in [1.165, 1.54) is 0 Å². The molecule has 0 aliphatic carbocycles. The quantitative estimate of drug-likeness (QED) is 0.834. The Hall–Kier alpha value is -2.47. The van der Waals surface area contributed by atoms with Crippen LogP contribution in [0.25, 0.3) is 10.9 Å². The lowest BCUT2D eigenvalue weighted by molar-refractivity contribution is -0.135. The lowest BCUT2D eigenvalue weighted by Gasteiger charge is -2.38. The van der Waals surface area contributed by atoms with Gasteiger partial charge in [-0.2, -0.15) is 0 Å². The lowest BCUT2D eigenvalue weighted by atomic mass is 10.1. The molecule has 1 aromatic carbocycles. The van der Waals surface area contributed by atoms with Crippen molar-refractivity contribution in [2.75, 3.05) is 39.3 Å². The summed E-state index contributed by atoms with van der Waals surface area (Å²) in [5.41, 5.74) is 1.52. The molecule has 0 N–H and O–H groups in total. The zero-order valence-electron chi connectivity index (χ0n) is 15.8. The molecule has 2 aromatic rings. The van der Waals surface area contributed by atoms with Crippen LogP contribution in [-0.2, 0) is 4.79 Å². The molecule has 6 nitrogen and oxygen atoms in total. The number of fused-ring (bicyclic) bond motifs is 1. The van der Waals surface area contributed by atoms with E-state index < -0.39 is 0 Å². The van der Waals surface area contributed by atoms with Crippen LogP contribution in [0.2, 0.25) is 0 Å². The normalized spacial score (nSPS) is 19.4. The van der Waals surface area contributed by atoms with Gasteiger partial charge in [0.2, 0.25) is 5.91 Å². The molecule has 0 spiro atoms. The maximum Gasteiger partial charge on any atom is 0.254 e. The van der Waals surface area contributed by atoms with Crippen molar-refractivity contribution < 1.29 is 9.59 Å². The van der Waals surface area contributed by atoms with Crippen LogP contribution in [0.5, 0.6) is 0 Å². The Morgan fingerprint density at radius 2 is 1.70 bits per heavy atom. The summed E-state index contributed by atoms with van der Waals surface area (Å²) < 4.78 is 0. The van der Waals surface area contributed by atoms with Gasteiger partial charge >= 0.3 is 0 Å². The molecule has 1 aromatic heterocycles. The molecule has 2 amide bonds. The summed E-state index contributed by atoms with van der Waals surface area (Å²) >= 11 is 0. The third-order valence-corrected chi connectivity index (χ3v) is 5.78. The van der Waals surface area contributed by atoms with Crippen molar-refractivity contribution in [2.24, 2.45) is 0 Å². The van der Waals surface area contributed by atoms with Crippen molar-refractivity contribution in [1.29, 1.82) is 0 Å². The Morgan fingerprint density at radius 1 is 0.963 bits per heavy atom. The minimum atomic E-state index is -0.106. The number of hydrogen-bond acceptors (Lipinski definition) is 4. The van der Waals surface area contributed by atoms with E-state index >= 15 is 0 Å². The standard InChI is InChI=1S/C21H26N4O2/c1-16(20(26)24-9-2-3-10-24)23-11-13-25(14-12-23)21(27)18-7-6-17-5-4-8-22-19(17)15-18/h4-8,15-16H,2-3,9-14H2,1H3. The van der Waals surface area contributed by atoms with Crippen molar-refractivity contribution in [3.05, 3.63) is 42.1 Å². The topological polar surface area (TPSA) is 56.8 Å². The number of hydrogen-bond donors (Lipinski definition) is 0. The van der Waals surface area contributed by atoms with E-state index in [1.807, 2.05) is 47.1 Å². The highest BCUT2D eigenvalue weighted by Crippen LogP contribution is 2.17. The predicted octanol–water partition coefficient (Wildman–Crippen LogP) is 2.00. The molecule has 2 saturated heterocycles. The van der Waals surface area contributed by atoms with Crippen LogP contribution >= 0.6 is 0 Å². The number of rotatable bonds is 3. The summed E-state index contributed by atoms with van der Waals surface area (Å²) in [5.74, 6) is 0.272. The molecule has 0 saturated carbocycles. The van der Waals surface area contributed by atoms with Crippen LogP contribution in [0, 0.1) is 0 Å². The minimum absolute atomic E-state index is 0.0423. The van der Waals surface area contributed by atoms with Crippen LogP contribution in [-0.4, -0.2) is 76.8 Å². The largest absolute Gasteiger partial charge is 0.341 e. The highest BCUT2D eigenvalue weighted by Gasteiger charge is 2.31. The van der Waals surface area contributed by atoms with Gasteiger partial charge in [0.05, 0.1) is 11.6 Å². The molecule has 2 aliphatic heterocycles. The third-order valence-electron chi connectivity index (χ3n) is 5.78. The molecule has 2 fully saturated rings. The van der Waals surface area contributed by atoms with E-state index in [-0.39, 0.29) is 17.9 Å². The van der Waals surface area contributed by atoms with Crippen molar-refractivity contribution in [3.8, 4) is 0 Å². The van der Waals surface area contributed by atoms with Gasteiger partial charge in [-0.15, -0.1) is 0 Å². The van der Waals surface area contributed by atoms with Crippen LogP contribution in [0.15, 0.2) is 36.5 Å². The minimum Gasteiger partial charge on any atom is -0.341 e. The number of piperazine rings is 1. The molecule has 142 valence electrons. The smallest absolute Gasteiger partial charge is 0.254 e. The average molecular weight is 366 g/mol. The molecule has 1 unspecified atom stereocenters. The molecule has 3 heterocycles. The maximum absolute atomic E-state index is 12.9. The first kappa shape index (κ1) is 17.9. The van der Waals surface area contributed by atoms with Gasteiger partial charge in [0.25, 0.3) is 5.91 Å². The van der Waals surface area contributed by atoms with Gasteiger partial charge < -0.3 is 9.80 Å². The Balaban J connectivity index is 1.37. The van der Waals surface area contributed by atoms with Gasteiger partial charge in [-0.3, -0.25) is 19.5 Å². The van der Waals surface area contributed by atoms with Gasteiger partial charge in [0.1, 0.15) is 0 Å². The second kappa shape index (κ2) is 7.64. The highest BCUT2D eigenvalue weighted by molar-refractivity contribution is 5.97. The average Bonchev–Trinajstić information content (AvgIpc) is 3.27. The second-order valence-corrected chi connectivity index (χ2v) is 7.45. The summed E-state index contributed by atoms with van der Waals surface area (Å²) in [6.45, 7) is 6.53. The van der Waals surface area contributed by atoms with Gasteiger partial charge in [-0.25, -0.2) is 0 Å². The van der Waals surface area contributed by atoms with E-state index in [2.05, 4.69) is 9.88 Å². The number of likely N-dealkylation sites (tertiary alicyclic amines) is 1. The van der Waals surface area contributed by atoms with Crippen LogP contribution in [0.3, 0.4) is 0 Å². The van der Waals surface area contributed by atoms with Gasteiger partial charge in [0.15, 0.2) is 0 Å². The van der Waals surface area contributed by atoms with Crippen molar-refractivity contribution in [3.63, 3.8) is 0 Å². The maximum atomic E-state index is 12.9. The van der Waals surface area contributed by atoms with Gasteiger partial charge in [-0.1, -0.05) is 12.1 Å². The number of aromatic nitrogens is 1. The molecule has 0 radical (unpaired) electrons. The third kappa shape index (κ3) is 3.67. The highest BCUT2D eigenvalue weighted by atomic mass is 16.2. The van der Waals surface area contributed by atoms with Gasteiger partial charge in [-0.05, 0) is 38.0 Å². The van der Waals surface area contributed by atoms with E-state index in [9.17, 15) is 9.59 Å². The van der Waals surface area contributed by atoms with Crippen LogP contribution in [0.1, 0.15) is 30.1 Å². The molecular formula is C21H26N4O2. The first-order chi connectivity index (χ1) is 13.1. The van der Waals surface area contributed by atoms with E-state index in [0.717, 1.165) is 49.9 Å². The SMILES string of the molecule is CC(C(=O)N1CCCC1)N1CCN(C(=O)c2ccc3cccnc3c2)CC1. The van der Waals surface area contributed by atoms with E-state index in [1.54, 1.807) is 6.20 Å². The first-order valence-electron chi connectivity index (χ1n) is 9.80. The Kier molecular flexibility index (Phi) is 5.07. The number of amides is 2. The summed E-state index contributed by atoms with van der Waals surface area (Å²) in [5, 5.41) is 1.04. The van der Waals surface area contributed by atoms with Crippen molar-refractivity contribution in [2.45, 2.75) is 25.8 Å². The lowest BCUT2D eigenvalue weighted by Crippen LogP contribution is -2.55. The first-order valence-corrected chi connectivity index (χ1v) is 9.80. The number of pyridine rings is 1. The molecule has 27 heavy (non-hydrogen) atoms. The summed E-state index contributed by atoms with van der Waals surface area (Å²) in [4.78, 5) is 35.9. The Labute approximate surface area is 159 Å². The van der Waals surface area contributed by atoms with E-state index in [4.69, 9.17) is 0 Å². The van der Waals surface area contributed by atoms with Crippen LogP contribution < -0.4 is 0 Å². The number of nitrogens with zero attached hydrogens (tertiary/aromatic N) is 4. The predicted molar refractivity (Wildman–Crippen MR) is 104 cm³/mol. The molecule has 2 aliphatic rings. The molecule has 4 rings (SSSR count). The van der Waals surface area contributed by atoms with Crippen LogP contribution in [0.4, 0.5) is 0 Å². The Morgan fingerprint density at radius 3 is 2.44 bits per heavy atom.